The number of benzene rings is 1. The molecule has 0 saturated carbocycles. The number of ether oxygens (including phenoxy) is 2. The van der Waals surface area contributed by atoms with E-state index in [4.69, 9.17) is 15.2 Å². The minimum absolute atomic E-state index is 0.0589. The maximum atomic E-state index is 12.2. The number of likely N-dealkylation sites (tertiary alicyclic amines) is 1. The molecule has 0 bridgehead atoms. The van der Waals surface area contributed by atoms with Crippen molar-refractivity contribution in [3.05, 3.63) is 29.8 Å². The van der Waals surface area contributed by atoms with Crippen LogP contribution in [0.15, 0.2) is 24.3 Å². The van der Waals surface area contributed by atoms with Crippen LogP contribution in [0.25, 0.3) is 0 Å². The van der Waals surface area contributed by atoms with Crippen LogP contribution in [0.1, 0.15) is 39.2 Å². The van der Waals surface area contributed by atoms with Crippen LogP contribution in [-0.2, 0) is 16.0 Å². The largest absolute Gasteiger partial charge is 0.459 e. The van der Waals surface area contributed by atoms with Crippen LogP contribution in [0.3, 0.4) is 0 Å². The summed E-state index contributed by atoms with van der Waals surface area (Å²) in [6.07, 6.45) is 1.52. The molecule has 2 atom stereocenters. The smallest absolute Gasteiger partial charge is 0.415 e. The molecule has 1 aliphatic rings. The molecule has 1 aliphatic heterocycles. The van der Waals surface area contributed by atoms with E-state index in [1.165, 1.54) is 0 Å². The third-order valence-corrected chi connectivity index (χ3v) is 4.12. The Kier molecular flexibility index (Phi) is 6.61. The fraction of sp³-hybridized carbons (Fsp3) is 0.579. The second-order valence-corrected chi connectivity index (χ2v) is 7.53. The number of esters is 1. The molecule has 0 spiro atoms. The Morgan fingerprint density at radius 1 is 1.31 bits per heavy atom. The standard InChI is InChI=1S/C19H28N2O5/c1-19(2,3)26-17(23)16(20)11-13-6-8-15(9-7-13)25-18(24)21-10-4-5-14(21)12-22/h6-9,14,16,22H,4-5,10-12,20H2,1-3H3/t14?,16-/m0/s1. The van der Waals surface area contributed by atoms with Crippen molar-refractivity contribution in [3.8, 4) is 5.75 Å². The maximum absolute atomic E-state index is 12.2. The summed E-state index contributed by atoms with van der Waals surface area (Å²) in [7, 11) is 0. The Bertz CT molecular complexity index is 624. The molecule has 1 saturated heterocycles. The predicted molar refractivity (Wildman–Crippen MR) is 96.8 cm³/mol. The second-order valence-electron chi connectivity index (χ2n) is 7.53. The molecule has 0 radical (unpaired) electrons. The fourth-order valence-corrected chi connectivity index (χ4v) is 2.83. The minimum atomic E-state index is -0.752. The first-order valence-electron chi connectivity index (χ1n) is 8.86. The first-order valence-corrected chi connectivity index (χ1v) is 8.86. The van der Waals surface area contributed by atoms with Gasteiger partial charge in [0.2, 0.25) is 0 Å². The molecular weight excluding hydrogens is 336 g/mol. The number of rotatable bonds is 5. The average Bonchev–Trinajstić information content (AvgIpc) is 3.03. The van der Waals surface area contributed by atoms with E-state index in [-0.39, 0.29) is 12.6 Å². The summed E-state index contributed by atoms with van der Waals surface area (Å²) >= 11 is 0. The van der Waals surface area contributed by atoms with Gasteiger partial charge in [0, 0.05) is 6.54 Å². The van der Waals surface area contributed by atoms with Crippen molar-refractivity contribution in [2.45, 2.75) is 57.7 Å². The lowest BCUT2D eigenvalue weighted by atomic mass is 10.1. The van der Waals surface area contributed by atoms with Crippen LogP contribution < -0.4 is 10.5 Å². The van der Waals surface area contributed by atoms with Gasteiger partial charge in [-0.2, -0.15) is 0 Å². The lowest BCUT2D eigenvalue weighted by Gasteiger charge is -2.22. The lowest BCUT2D eigenvalue weighted by Crippen LogP contribution is -2.39. The van der Waals surface area contributed by atoms with Gasteiger partial charge in [-0.1, -0.05) is 12.1 Å². The van der Waals surface area contributed by atoms with Crippen LogP contribution in [-0.4, -0.2) is 52.9 Å². The number of hydrogen-bond acceptors (Lipinski definition) is 6. The highest BCUT2D eigenvalue weighted by molar-refractivity contribution is 5.76. The second kappa shape index (κ2) is 8.51. The molecular formula is C19H28N2O5. The van der Waals surface area contributed by atoms with Crippen molar-refractivity contribution in [3.63, 3.8) is 0 Å². The third-order valence-electron chi connectivity index (χ3n) is 4.12. The highest BCUT2D eigenvalue weighted by Crippen LogP contribution is 2.20. The van der Waals surface area contributed by atoms with Gasteiger partial charge in [-0.3, -0.25) is 4.79 Å². The van der Waals surface area contributed by atoms with E-state index >= 15 is 0 Å². The highest BCUT2D eigenvalue weighted by atomic mass is 16.6. The molecule has 1 aromatic rings. The number of nitrogens with two attached hydrogens (primary N) is 1. The van der Waals surface area contributed by atoms with E-state index in [2.05, 4.69) is 0 Å². The van der Waals surface area contributed by atoms with Gasteiger partial charge in [-0.25, -0.2) is 4.79 Å². The van der Waals surface area contributed by atoms with Gasteiger partial charge in [0.1, 0.15) is 17.4 Å². The fourth-order valence-electron chi connectivity index (χ4n) is 2.83. The number of carbonyl (C=O) groups excluding carboxylic acids is 2. The molecule has 1 heterocycles. The van der Waals surface area contributed by atoms with Crippen LogP contribution in [0, 0.1) is 0 Å². The lowest BCUT2D eigenvalue weighted by molar-refractivity contribution is -0.156. The summed E-state index contributed by atoms with van der Waals surface area (Å²) in [5.74, 6) is -0.0368. The molecule has 2 rings (SSSR count). The van der Waals surface area contributed by atoms with Crippen LogP contribution in [0.2, 0.25) is 0 Å². The first-order chi connectivity index (χ1) is 12.2. The average molecular weight is 364 g/mol. The summed E-state index contributed by atoms with van der Waals surface area (Å²) in [6.45, 7) is 5.91. The zero-order valence-electron chi connectivity index (χ0n) is 15.6. The van der Waals surface area contributed by atoms with Crippen molar-refractivity contribution in [2.75, 3.05) is 13.2 Å². The third kappa shape index (κ3) is 5.71. The van der Waals surface area contributed by atoms with Crippen molar-refractivity contribution in [1.82, 2.24) is 4.90 Å². The van der Waals surface area contributed by atoms with Crippen molar-refractivity contribution in [1.29, 1.82) is 0 Å². The number of aliphatic hydroxyl groups is 1. The number of aliphatic hydroxyl groups excluding tert-OH is 1. The van der Waals surface area contributed by atoms with Gasteiger partial charge in [0.25, 0.3) is 0 Å². The van der Waals surface area contributed by atoms with E-state index in [9.17, 15) is 14.7 Å². The predicted octanol–water partition coefficient (Wildman–Crippen LogP) is 1.85. The molecule has 1 unspecified atom stereocenters. The van der Waals surface area contributed by atoms with E-state index in [1.54, 1.807) is 49.9 Å². The summed E-state index contributed by atoms with van der Waals surface area (Å²) in [4.78, 5) is 25.7. The molecule has 7 nitrogen and oxygen atoms in total. The van der Waals surface area contributed by atoms with Gasteiger partial charge >= 0.3 is 12.1 Å². The molecule has 3 N–H and O–H groups in total. The highest BCUT2D eigenvalue weighted by Gasteiger charge is 2.29. The van der Waals surface area contributed by atoms with Crippen molar-refractivity contribution >= 4 is 12.1 Å². The molecule has 0 aliphatic carbocycles. The number of carbonyl (C=O) groups is 2. The zero-order chi connectivity index (χ0) is 19.3. The summed E-state index contributed by atoms with van der Waals surface area (Å²) in [5, 5.41) is 9.29. The van der Waals surface area contributed by atoms with E-state index in [1.807, 2.05) is 0 Å². The van der Waals surface area contributed by atoms with E-state index < -0.39 is 23.7 Å². The van der Waals surface area contributed by atoms with Gasteiger partial charge in [0.05, 0.1) is 12.6 Å². The number of nitrogens with zero attached hydrogens (tertiary/aromatic N) is 1. The summed E-state index contributed by atoms with van der Waals surface area (Å²) in [6, 6.07) is 5.94. The Balaban J connectivity index is 1.89. The van der Waals surface area contributed by atoms with Crippen LogP contribution >= 0.6 is 0 Å². The normalized spacial score (nSPS) is 18.5. The summed E-state index contributed by atoms with van der Waals surface area (Å²) < 4.78 is 10.6. The first kappa shape index (κ1) is 20.2. The quantitative estimate of drug-likeness (QED) is 0.773. The number of hydrogen-bond donors (Lipinski definition) is 2. The Morgan fingerprint density at radius 3 is 2.54 bits per heavy atom. The van der Waals surface area contributed by atoms with E-state index in [0.717, 1.165) is 18.4 Å². The minimum Gasteiger partial charge on any atom is -0.459 e. The monoisotopic (exact) mass is 364 g/mol. The summed E-state index contributed by atoms with van der Waals surface area (Å²) in [5.41, 5.74) is 6.17. The van der Waals surface area contributed by atoms with Gasteiger partial charge in [-0.15, -0.1) is 0 Å². The van der Waals surface area contributed by atoms with Gasteiger partial charge in [-0.05, 0) is 57.7 Å². The van der Waals surface area contributed by atoms with Crippen LogP contribution in [0.4, 0.5) is 4.79 Å². The Labute approximate surface area is 154 Å². The molecule has 1 fully saturated rings. The topological polar surface area (TPSA) is 102 Å². The molecule has 1 amide bonds. The van der Waals surface area contributed by atoms with Gasteiger partial charge < -0.3 is 25.2 Å². The van der Waals surface area contributed by atoms with Gasteiger partial charge in [0.15, 0.2) is 0 Å². The molecule has 26 heavy (non-hydrogen) atoms. The molecule has 1 aromatic carbocycles. The van der Waals surface area contributed by atoms with Crippen LogP contribution in [0.5, 0.6) is 5.75 Å². The molecule has 0 aromatic heterocycles. The maximum Gasteiger partial charge on any atom is 0.415 e. The Morgan fingerprint density at radius 2 is 1.96 bits per heavy atom. The molecule has 7 heteroatoms. The zero-order valence-corrected chi connectivity index (χ0v) is 15.6. The SMILES string of the molecule is CC(C)(C)OC(=O)[C@@H](N)Cc1ccc(OC(=O)N2CCCC2CO)cc1. The Hall–Kier alpha value is -2.12. The van der Waals surface area contributed by atoms with Crippen molar-refractivity contribution in [2.24, 2.45) is 5.73 Å². The molecule has 144 valence electrons. The van der Waals surface area contributed by atoms with E-state index in [0.29, 0.717) is 18.7 Å². The number of amides is 1. The van der Waals surface area contributed by atoms with Crippen molar-refractivity contribution < 1.29 is 24.2 Å².